The molecule has 0 unspecified atom stereocenters. The first-order valence-corrected chi connectivity index (χ1v) is 6.40. The van der Waals surface area contributed by atoms with Crippen molar-refractivity contribution >= 4 is 17.5 Å². The fourth-order valence-corrected chi connectivity index (χ4v) is 1.68. The predicted octanol–water partition coefficient (Wildman–Crippen LogP) is 2.34. The quantitative estimate of drug-likeness (QED) is 0.327. The number of benzene rings is 1. The van der Waals surface area contributed by atoms with Crippen LogP contribution in [0.1, 0.15) is 42.6 Å². The molecule has 0 N–H and O–H groups in total. The van der Waals surface area contributed by atoms with E-state index >= 15 is 0 Å². The molecule has 1 aromatic rings. The number of esters is 1. The maximum Gasteiger partial charge on any atom is 0.375 e. The fourth-order valence-electron chi connectivity index (χ4n) is 1.68. The molecule has 0 aliphatic heterocycles. The van der Waals surface area contributed by atoms with Crippen molar-refractivity contribution in [1.29, 1.82) is 0 Å². The summed E-state index contributed by atoms with van der Waals surface area (Å²) in [7, 11) is 0. The lowest BCUT2D eigenvalue weighted by molar-refractivity contribution is -0.153. The Morgan fingerprint density at radius 1 is 1.05 bits per heavy atom. The van der Waals surface area contributed by atoms with Crippen molar-refractivity contribution in [2.75, 3.05) is 6.61 Å². The van der Waals surface area contributed by atoms with Crippen LogP contribution in [0.5, 0.6) is 0 Å². The van der Waals surface area contributed by atoms with E-state index in [1.54, 1.807) is 19.1 Å². The molecule has 1 aromatic carbocycles. The van der Waals surface area contributed by atoms with E-state index in [2.05, 4.69) is 11.7 Å². The SMILES string of the molecule is CCCc1ccc(C(=O)CC(=O)C(=O)OCC)cc1. The number of carbonyl (C=O) groups excluding carboxylic acids is 3. The molecule has 0 saturated carbocycles. The monoisotopic (exact) mass is 262 g/mol. The number of hydrogen-bond donors (Lipinski definition) is 0. The highest BCUT2D eigenvalue weighted by Crippen LogP contribution is 2.09. The van der Waals surface area contributed by atoms with Crippen molar-refractivity contribution in [1.82, 2.24) is 0 Å². The summed E-state index contributed by atoms with van der Waals surface area (Å²) in [5.41, 5.74) is 1.59. The molecular weight excluding hydrogens is 244 g/mol. The lowest BCUT2D eigenvalue weighted by Crippen LogP contribution is -2.20. The van der Waals surface area contributed by atoms with Crippen LogP contribution in [-0.4, -0.2) is 24.1 Å². The average molecular weight is 262 g/mol. The third kappa shape index (κ3) is 4.66. The Hall–Kier alpha value is -1.97. The van der Waals surface area contributed by atoms with Gasteiger partial charge in [-0.15, -0.1) is 0 Å². The van der Waals surface area contributed by atoms with Gasteiger partial charge in [-0.05, 0) is 18.9 Å². The summed E-state index contributed by atoms with van der Waals surface area (Å²) < 4.78 is 4.55. The molecule has 4 heteroatoms. The van der Waals surface area contributed by atoms with Gasteiger partial charge in [0.2, 0.25) is 5.78 Å². The summed E-state index contributed by atoms with van der Waals surface area (Å²) in [5.74, 6) is -2.11. The standard InChI is InChI=1S/C15H18O4/c1-3-5-11-6-8-12(9-7-11)13(16)10-14(17)15(18)19-4-2/h6-9H,3-5,10H2,1-2H3. The van der Waals surface area contributed by atoms with Crippen molar-refractivity contribution in [3.8, 4) is 0 Å². The lowest BCUT2D eigenvalue weighted by Gasteiger charge is -2.03. The Morgan fingerprint density at radius 3 is 2.21 bits per heavy atom. The van der Waals surface area contributed by atoms with Gasteiger partial charge in [-0.2, -0.15) is 0 Å². The van der Waals surface area contributed by atoms with Gasteiger partial charge < -0.3 is 4.74 Å². The van der Waals surface area contributed by atoms with Gasteiger partial charge in [-0.25, -0.2) is 4.79 Å². The van der Waals surface area contributed by atoms with E-state index in [-0.39, 0.29) is 12.4 Å². The number of ether oxygens (including phenoxy) is 1. The number of carbonyl (C=O) groups is 3. The van der Waals surface area contributed by atoms with Crippen molar-refractivity contribution in [3.63, 3.8) is 0 Å². The molecule has 0 bridgehead atoms. The van der Waals surface area contributed by atoms with Crippen LogP contribution in [0.3, 0.4) is 0 Å². The van der Waals surface area contributed by atoms with Crippen LogP contribution in [0, 0.1) is 0 Å². The molecule has 0 aliphatic rings. The highest BCUT2D eigenvalue weighted by Gasteiger charge is 2.19. The number of Topliss-reactive ketones (excluding diaryl/α,β-unsaturated/α-hetero) is 2. The molecule has 1 rings (SSSR count). The molecule has 0 amide bonds. The first-order chi connectivity index (χ1) is 9.08. The first kappa shape index (κ1) is 15.1. The van der Waals surface area contributed by atoms with Crippen LogP contribution in [0.15, 0.2) is 24.3 Å². The third-order valence-corrected chi connectivity index (χ3v) is 2.64. The van der Waals surface area contributed by atoms with Crippen LogP contribution in [-0.2, 0) is 20.7 Å². The Kier molecular flexibility index (Phi) is 5.93. The molecule has 4 nitrogen and oxygen atoms in total. The third-order valence-electron chi connectivity index (χ3n) is 2.64. The summed E-state index contributed by atoms with van der Waals surface area (Å²) in [6.45, 7) is 3.82. The van der Waals surface area contributed by atoms with Crippen LogP contribution in [0.2, 0.25) is 0 Å². The molecule has 0 heterocycles. The van der Waals surface area contributed by atoms with Gasteiger partial charge in [0.05, 0.1) is 13.0 Å². The second-order valence-electron chi connectivity index (χ2n) is 4.19. The number of aryl methyl sites for hydroxylation is 1. The normalized spacial score (nSPS) is 10.0. The minimum atomic E-state index is -0.946. The van der Waals surface area contributed by atoms with Crippen LogP contribution in [0.4, 0.5) is 0 Å². The second-order valence-corrected chi connectivity index (χ2v) is 4.19. The summed E-state index contributed by atoms with van der Waals surface area (Å²) in [4.78, 5) is 34.3. The highest BCUT2D eigenvalue weighted by molar-refractivity contribution is 6.38. The summed E-state index contributed by atoms with van der Waals surface area (Å²) in [5, 5.41) is 0. The van der Waals surface area contributed by atoms with E-state index in [0.717, 1.165) is 18.4 Å². The zero-order valence-corrected chi connectivity index (χ0v) is 11.3. The van der Waals surface area contributed by atoms with Crippen molar-refractivity contribution < 1.29 is 19.1 Å². The highest BCUT2D eigenvalue weighted by atomic mass is 16.5. The zero-order chi connectivity index (χ0) is 14.3. The van der Waals surface area contributed by atoms with E-state index in [9.17, 15) is 14.4 Å². The number of rotatable bonds is 7. The van der Waals surface area contributed by atoms with E-state index in [1.807, 2.05) is 12.1 Å². The Bertz CT molecular complexity index is 460. The fraction of sp³-hybridized carbons (Fsp3) is 0.400. The molecule has 0 atom stereocenters. The molecule has 19 heavy (non-hydrogen) atoms. The molecule has 0 fully saturated rings. The van der Waals surface area contributed by atoms with Crippen molar-refractivity contribution in [3.05, 3.63) is 35.4 Å². The van der Waals surface area contributed by atoms with Crippen LogP contribution in [0.25, 0.3) is 0 Å². The van der Waals surface area contributed by atoms with Crippen LogP contribution >= 0.6 is 0 Å². The van der Waals surface area contributed by atoms with Gasteiger partial charge in [-0.3, -0.25) is 9.59 Å². The minimum Gasteiger partial charge on any atom is -0.460 e. The molecule has 0 radical (unpaired) electrons. The van der Waals surface area contributed by atoms with E-state index in [1.165, 1.54) is 0 Å². The number of hydrogen-bond acceptors (Lipinski definition) is 4. The van der Waals surface area contributed by atoms with Crippen LogP contribution < -0.4 is 0 Å². The topological polar surface area (TPSA) is 60.4 Å². The van der Waals surface area contributed by atoms with Crippen molar-refractivity contribution in [2.24, 2.45) is 0 Å². The Labute approximate surface area is 112 Å². The molecule has 102 valence electrons. The summed E-state index contributed by atoms with van der Waals surface area (Å²) >= 11 is 0. The zero-order valence-electron chi connectivity index (χ0n) is 11.3. The lowest BCUT2D eigenvalue weighted by atomic mass is 10.0. The van der Waals surface area contributed by atoms with Gasteiger partial charge in [0, 0.05) is 5.56 Å². The van der Waals surface area contributed by atoms with Gasteiger partial charge in [0.1, 0.15) is 0 Å². The van der Waals surface area contributed by atoms with Crippen molar-refractivity contribution in [2.45, 2.75) is 33.1 Å². The molecular formula is C15H18O4. The molecule has 0 saturated heterocycles. The van der Waals surface area contributed by atoms with Gasteiger partial charge in [0.15, 0.2) is 5.78 Å². The van der Waals surface area contributed by atoms with E-state index < -0.39 is 18.2 Å². The largest absolute Gasteiger partial charge is 0.460 e. The summed E-state index contributed by atoms with van der Waals surface area (Å²) in [6.07, 6.45) is 1.55. The van der Waals surface area contributed by atoms with Gasteiger partial charge >= 0.3 is 5.97 Å². The second kappa shape index (κ2) is 7.46. The molecule has 0 spiro atoms. The Morgan fingerprint density at radius 2 is 1.68 bits per heavy atom. The number of ketones is 2. The summed E-state index contributed by atoms with van der Waals surface area (Å²) in [6, 6.07) is 7.11. The maximum atomic E-state index is 11.8. The smallest absolute Gasteiger partial charge is 0.375 e. The average Bonchev–Trinajstić information content (AvgIpc) is 2.40. The van der Waals surface area contributed by atoms with Gasteiger partial charge in [-0.1, -0.05) is 37.6 Å². The predicted molar refractivity (Wildman–Crippen MR) is 71.0 cm³/mol. The maximum absolute atomic E-state index is 11.8. The van der Waals surface area contributed by atoms with E-state index in [4.69, 9.17) is 0 Å². The molecule has 0 aromatic heterocycles. The van der Waals surface area contributed by atoms with Gasteiger partial charge in [0.25, 0.3) is 0 Å². The minimum absolute atomic E-state index is 0.129. The van der Waals surface area contributed by atoms with E-state index in [0.29, 0.717) is 5.56 Å². The molecule has 0 aliphatic carbocycles. The first-order valence-electron chi connectivity index (χ1n) is 6.40. The Balaban J connectivity index is 2.62.